The van der Waals surface area contributed by atoms with Crippen LogP contribution in [0.5, 0.6) is 5.75 Å². The molecule has 0 unspecified atom stereocenters. The molecule has 0 spiro atoms. The number of furan rings is 1. The van der Waals surface area contributed by atoms with E-state index in [4.69, 9.17) is 13.9 Å². The molecule has 0 bridgehead atoms. The number of H-pyrrole nitrogens is 1. The fourth-order valence-electron chi connectivity index (χ4n) is 3.66. The van der Waals surface area contributed by atoms with Crippen LogP contribution in [-0.2, 0) is 11.3 Å². The van der Waals surface area contributed by atoms with Crippen LogP contribution in [0.25, 0.3) is 21.9 Å². The van der Waals surface area contributed by atoms with Gasteiger partial charge in [-0.1, -0.05) is 54.6 Å². The number of carbonyl (C=O) groups is 2. The summed E-state index contributed by atoms with van der Waals surface area (Å²) in [5.74, 6) is -0.296. The van der Waals surface area contributed by atoms with Gasteiger partial charge < -0.3 is 18.9 Å². The van der Waals surface area contributed by atoms with E-state index in [2.05, 4.69) is 4.98 Å². The summed E-state index contributed by atoms with van der Waals surface area (Å²) in [7, 11) is 0. The average Bonchev–Trinajstić information content (AvgIpc) is 3.43. The molecule has 3 aromatic carbocycles. The van der Waals surface area contributed by atoms with E-state index in [9.17, 15) is 9.59 Å². The second-order valence-electron chi connectivity index (χ2n) is 7.25. The fraction of sp³-hybridized carbons (Fsp3) is 0.0769. The summed E-state index contributed by atoms with van der Waals surface area (Å²) in [6, 6.07) is 24.1. The van der Waals surface area contributed by atoms with Gasteiger partial charge in [0.05, 0.1) is 5.56 Å². The van der Waals surface area contributed by atoms with E-state index in [1.54, 1.807) is 12.3 Å². The van der Waals surface area contributed by atoms with Crippen molar-refractivity contribution in [2.45, 2.75) is 6.61 Å². The number of benzene rings is 3. The molecule has 0 saturated carbocycles. The lowest BCUT2D eigenvalue weighted by atomic mass is 10.1. The molecule has 0 atom stereocenters. The Bertz CT molecular complexity index is 1410. The minimum Gasteiger partial charge on any atom is -0.489 e. The second kappa shape index (κ2) is 8.43. The summed E-state index contributed by atoms with van der Waals surface area (Å²) in [4.78, 5) is 28.6. The maximum atomic E-state index is 12.9. The molecule has 32 heavy (non-hydrogen) atoms. The molecule has 5 aromatic rings. The number of aromatic amines is 1. The lowest BCUT2D eigenvalue weighted by molar-refractivity contribution is 0.0443. The van der Waals surface area contributed by atoms with Crippen LogP contribution >= 0.6 is 0 Å². The normalized spacial score (nSPS) is 11.0. The van der Waals surface area contributed by atoms with Gasteiger partial charge in [-0.05, 0) is 24.3 Å². The van der Waals surface area contributed by atoms with E-state index in [1.165, 1.54) is 0 Å². The highest BCUT2D eigenvalue weighted by molar-refractivity contribution is 6.09. The first-order chi connectivity index (χ1) is 15.7. The zero-order valence-corrected chi connectivity index (χ0v) is 17.0. The summed E-state index contributed by atoms with van der Waals surface area (Å²) in [6.45, 7) is -0.265. The van der Waals surface area contributed by atoms with Crippen LogP contribution in [0.1, 0.15) is 26.5 Å². The lowest BCUT2D eigenvalue weighted by Gasteiger charge is -2.07. The Balaban J connectivity index is 1.36. The summed E-state index contributed by atoms with van der Waals surface area (Å²) < 4.78 is 16.9. The molecule has 0 amide bonds. The molecular weight excluding hydrogens is 406 g/mol. The minimum absolute atomic E-state index is 0.0360. The zero-order valence-electron chi connectivity index (χ0n) is 17.0. The van der Waals surface area contributed by atoms with Gasteiger partial charge in [-0.2, -0.15) is 0 Å². The third-order valence-corrected chi connectivity index (χ3v) is 5.23. The molecule has 5 rings (SSSR count). The smallest absolute Gasteiger partial charge is 0.375 e. The maximum Gasteiger partial charge on any atom is 0.375 e. The number of hydrogen-bond acceptors (Lipinski definition) is 5. The van der Waals surface area contributed by atoms with Gasteiger partial charge in [-0.25, -0.2) is 4.79 Å². The number of esters is 1. The molecule has 0 radical (unpaired) electrons. The summed E-state index contributed by atoms with van der Waals surface area (Å²) in [5.41, 5.74) is 2.45. The SMILES string of the molecule is O=C(OCC(=O)c1c[nH]c2ccccc12)c1oc2ccccc2c1COc1ccccc1. The van der Waals surface area contributed by atoms with Gasteiger partial charge in [0.15, 0.2) is 6.61 Å². The van der Waals surface area contributed by atoms with Crippen molar-refractivity contribution >= 4 is 33.6 Å². The molecule has 6 heteroatoms. The Morgan fingerprint density at radius 1 is 0.844 bits per heavy atom. The Morgan fingerprint density at radius 3 is 2.41 bits per heavy atom. The number of rotatable bonds is 7. The Kier molecular flexibility index (Phi) is 5.17. The first kappa shape index (κ1) is 19.6. The lowest BCUT2D eigenvalue weighted by Crippen LogP contribution is -2.15. The van der Waals surface area contributed by atoms with Gasteiger partial charge in [0.25, 0.3) is 0 Å². The Labute approximate surface area is 183 Å². The van der Waals surface area contributed by atoms with E-state index >= 15 is 0 Å². The number of ether oxygens (including phenoxy) is 2. The number of ketones is 1. The number of fused-ring (bicyclic) bond motifs is 2. The van der Waals surface area contributed by atoms with Crippen LogP contribution in [0.2, 0.25) is 0 Å². The minimum atomic E-state index is -0.707. The molecule has 1 N–H and O–H groups in total. The number of hydrogen-bond donors (Lipinski definition) is 1. The summed E-state index contributed by atoms with van der Waals surface area (Å²) in [6.07, 6.45) is 1.63. The van der Waals surface area contributed by atoms with Crippen molar-refractivity contribution < 1.29 is 23.5 Å². The van der Waals surface area contributed by atoms with Crippen molar-refractivity contribution in [2.75, 3.05) is 6.61 Å². The number of Topliss-reactive ketones (excluding diaryl/α,β-unsaturated/α-hetero) is 1. The predicted octanol–water partition coefficient (Wildman–Crippen LogP) is 5.53. The monoisotopic (exact) mass is 425 g/mol. The zero-order chi connectivity index (χ0) is 21.9. The molecule has 6 nitrogen and oxygen atoms in total. The fourth-order valence-corrected chi connectivity index (χ4v) is 3.66. The van der Waals surface area contributed by atoms with Gasteiger partial charge in [0.2, 0.25) is 11.5 Å². The molecule has 2 aromatic heterocycles. The van der Waals surface area contributed by atoms with Crippen molar-refractivity contribution in [1.82, 2.24) is 4.98 Å². The Morgan fingerprint density at radius 2 is 1.56 bits per heavy atom. The molecule has 0 aliphatic rings. The van der Waals surface area contributed by atoms with Gasteiger partial charge in [-0.15, -0.1) is 0 Å². The van der Waals surface area contributed by atoms with E-state index in [0.29, 0.717) is 22.5 Å². The van der Waals surface area contributed by atoms with E-state index in [1.807, 2.05) is 72.8 Å². The van der Waals surface area contributed by atoms with Gasteiger partial charge >= 0.3 is 5.97 Å². The number of nitrogens with one attached hydrogen (secondary N) is 1. The molecule has 158 valence electrons. The third-order valence-electron chi connectivity index (χ3n) is 5.23. The highest BCUT2D eigenvalue weighted by atomic mass is 16.5. The summed E-state index contributed by atoms with van der Waals surface area (Å²) in [5, 5.41) is 1.55. The maximum absolute atomic E-state index is 12.9. The van der Waals surface area contributed by atoms with Crippen LogP contribution < -0.4 is 4.74 Å². The van der Waals surface area contributed by atoms with Gasteiger partial charge in [-0.3, -0.25) is 4.79 Å². The third kappa shape index (κ3) is 3.74. The van der Waals surface area contributed by atoms with Crippen LogP contribution in [0.4, 0.5) is 0 Å². The molecule has 2 heterocycles. The summed E-state index contributed by atoms with van der Waals surface area (Å²) >= 11 is 0. The Hall–Kier alpha value is -4.32. The van der Waals surface area contributed by atoms with Crippen molar-refractivity contribution in [3.8, 4) is 5.75 Å². The van der Waals surface area contributed by atoms with Crippen LogP contribution in [0.15, 0.2) is 89.5 Å². The van der Waals surface area contributed by atoms with Gasteiger partial charge in [0.1, 0.15) is 17.9 Å². The molecule has 0 aliphatic heterocycles. The van der Waals surface area contributed by atoms with Crippen LogP contribution in [0, 0.1) is 0 Å². The standard InChI is InChI=1S/C26H19NO5/c28-23(20-14-27-22-12-6-4-10-18(20)22)16-31-26(29)25-21(15-30-17-8-2-1-3-9-17)19-11-5-7-13-24(19)32-25/h1-14,27H,15-16H2. The predicted molar refractivity (Wildman–Crippen MR) is 120 cm³/mol. The van der Waals surface area contributed by atoms with Crippen LogP contribution in [-0.4, -0.2) is 23.3 Å². The molecule has 0 saturated heterocycles. The number of carbonyl (C=O) groups excluding carboxylic acids is 2. The van der Waals surface area contributed by atoms with Crippen molar-refractivity contribution in [1.29, 1.82) is 0 Å². The van der Waals surface area contributed by atoms with E-state index in [0.717, 1.165) is 16.3 Å². The van der Waals surface area contributed by atoms with E-state index < -0.39 is 12.6 Å². The second-order valence-corrected chi connectivity index (χ2v) is 7.25. The molecular formula is C26H19NO5. The first-order valence-electron chi connectivity index (χ1n) is 10.2. The average molecular weight is 425 g/mol. The highest BCUT2D eigenvalue weighted by Crippen LogP contribution is 2.28. The van der Waals surface area contributed by atoms with Crippen LogP contribution in [0.3, 0.4) is 0 Å². The van der Waals surface area contributed by atoms with Gasteiger partial charge in [0, 0.05) is 28.0 Å². The van der Waals surface area contributed by atoms with Crippen molar-refractivity contribution in [3.63, 3.8) is 0 Å². The largest absolute Gasteiger partial charge is 0.489 e. The molecule has 0 fully saturated rings. The highest BCUT2D eigenvalue weighted by Gasteiger charge is 2.24. The van der Waals surface area contributed by atoms with Crippen molar-refractivity contribution in [2.24, 2.45) is 0 Å². The topological polar surface area (TPSA) is 81.5 Å². The number of aromatic nitrogens is 1. The molecule has 0 aliphatic carbocycles. The first-order valence-corrected chi connectivity index (χ1v) is 10.2. The van der Waals surface area contributed by atoms with Crippen molar-refractivity contribution in [3.05, 3.63) is 102 Å². The quantitative estimate of drug-likeness (QED) is 0.274. The van der Waals surface area contributed by atoms with E-state index in [-0.39, 0.29) is 18.2 Å². The number of para-hydroxylation sites is 3.